The zero-order chi connectivity index (χ0) is 12.7. The predicted octanol–water partition coefficient (Wildman–Crippen LogP) is 1.33. The quantitative estimate of drug-likeness (QED) is 0.585. The van der Waals surface area contributed by atoms with Crippen molar-refractivity contribution in [2.45, 2.75) is 6.92 Å². The summed E-state index contributed by atoms with van der Waals surface area (Å²) in [5.41, 5.74) is 2.62. The lowest BCUT2D eigenvalue weighted by Crippen LogP contribution is -1.96. The number of rotatable bonds is 0. The number of hydrogen-bond donors (Lipinski definition) is 0. The largest absolute Gasteiger partial charge is 0.282 e. The second kappa shape index (κ2) is 3.51. The Morgan fingerprint density at radius 1 is 1.06 bits per heavy atom. The van der Waals surface area contributed by atoms with Gasteiger partial charge in [0, 0.05) is 6.20 Å². The van der Waals surface area contributed by atoms with Crippen molar-refractivity contribution in [1.29, 1.82) is 10.5 Å². The van der Waals surface area contributed by atoms with E-state index in [9.17, 15) is 0 Å². The van der Waals surface area contributed by atoms with E-state index in [0.717, 1.165) is 5.56 Å². The van der Waals surface area contributed by atoms with Crippen LogP contribution < -0.4 is 0 Å². The van der Waals surface area contributed by atoms with E-state index in [4.69, 9.17) is 10.5 Å². The van der Waals surface area contributed by atoms with Crippen LogP contribution in [0.5, 0.6) is 0 Å². The van der Waals surface area contributed by atoms with Crippen molar-refractivity contribution in [3.63, 3.8) is 0 Å². The second-order valence-corrected chi connectivity index (χ2v) is 3.84. The minimum absolute atomic E-state index is 0.00475. The molecule has 0 aliphatic carbocycles. The topological polar surface area (TPSA) is 90.7 Å². The van der Waals surface area contributed by atoms with Gasteiger partial charge in [-0.25, -0.2) is 15.0 Å². The molecule has 0 spiro atoms. The zero-order valence-corrected chi connectivity index (χ0v) is 9.42. The Morgan fingerprint density at radius 2 is 1.78 bits per heavy atom. The highest BCUT2D eigenvalue weighted by atomic mass is 15.1. The Labute approximate surface area is 102 Å². The number of nitrogens with zero attached hydrogens (tertiary/aromatic N) is 6. The van der Waals surface area contributed by atoms with Gasteiger partial charge < -0.3 is 0 Å². The minimum Gasteiger partial charge on any atom is -0.282 e. The Hall–Kier alpha value is -2.99. The molecule has 0 unspecified atom stereocenters. The van der Waals surface area contributed by atoms with E-state index < -0.39 is 0 Å². The van der Waals surface area contributed by atoms with Crippen molar-refractivity contribution in [2.24, 2.45) is 0 Å². The van der Waals surface area contributed by atoms with Crippen LogP contribution in [0.15, 0.2) is 18.3 Å². The summed E-state index contributed by atoms with van der Waals surface area (Å²) in [6.07, 6.45) is 1.87. The van der Waals surface area contributed by atoms with E-state index in [0.29, 0.717) is 16.9 Å². The predicted molar refractivity (Wildman–Crippen MR) is 62.5 cm³/mol. The molecule has 0 aliphatic rings. The van der Waals surface area contributed by atoms with Crippen molar-refractivity contribution >= 4 is 16.9 Å². The summed E-state index contributed by atoms with van der Waals surface area (Å²) in [6.45, 7) is 1.95. The highest BCUT2D eigenvalue weighted by molar-refractivity contribution is 5.74. The van der Waals surface area contributed by atoms with Crippen molar-refractivity contribution < 1.29 is 0 Å². The molecule has 0 aliphatic heterocycles. The smallest absolute Gasteiger partial charge is 0.199 e. The molecule has 0 aromatic carbocycles. The lowest BCUT2D eigenvalue weighted by molar-refractivity contribution is 1.13. The zero-order valence-electron chi connectivity index (χ0n) is 9.42. The molecule has 3 aromatic rings. The standard InChI is InChI=1S/C12H6N6/c1-7-2-3-10-17-11-12(18(10)6-7)16-9(5-14)8(4-13)15-11/h2-3,6H,1H3. The summed E-state index contributed by atoms with van der Waals surface area (Å²) in [6, 6.07) is 7.49. The van der Waals surface area contributed by atoms with Crippen molar-refractivity contribution in [1.82, 2.24) is 19.4 Å². The Kier molecular flexibility index (Phi) is 1.98. The molecule has 0 atom stereocenters. The molecule has 0 bridgehead atoms. The van der Waals surface area contributed by atoms with Gasteiger partial charge in [-0.15, -0.1) is 0 Å². The molecule has 3 heterocycles. The lowest BCUT2D eigenvalue weighted by Gasteiger charge is -1.97. The SMILES string of the molecule is Cc1ccc2nc3nc(C#N)c(C#N)nc3n2c1. The molecule has 0 fully saturated rings. The van der Waals surface area contributed by atoms with E-state index in [1.54, 1.807) is 4.40 Å². The van der Waals surface area contributed by atoms with Crippen molar-refractivity contribution in [3.05, 3.63) is 35.3 Å². The van der Waals surface area contributed by atoms with Gasteiger partial charge in [-0.3, -0.25) is 4.40 Å². The maximum atomic E-state index is 8.94. The van der Waals surface area contributed by atoms with E-state index in [1.807, 2.05) is 37.4 Å². The van der Waals surface area contributed by atoms with Crippen molar-refractivity contribution in [2.75, 3.05) is 0 Å². The van der Waals surface area contributed by atoms with E-state index >= 15 is 0 Å². The molecule has 6 nitrogen and oxygen atoms in total. The first-order valence-electron chi connectivity index (χ1n) is 5.19. The van der Waals surface area contributed by atoms with Crippen LogP contribution in [0, 0.1) is 29.6 Å². The Bertz CT molecular complexity index is 862. The number of hydrogen-bond acceptors (Lipinski definition) is 5. The van der Waals surface area contributed by atoms with Crippen LogP contribution in [0.1, 0.15) is 17.0 Å². The summed E-state index contributed by atoms with van der Waals surface area (Å²) < 4.78 is 1.76. The third-order valence-corrected chi connectivity index (χ3v) is 2.60. The van der Waals surface area contributed by atoms with E-state index in [-0.39, 0.29) is 11.4 Å². The summed E-state index contributed by atoms with van der Waals surface area (Å²) in [5.74, 6) is 0. The first-order chi connectivity index (χ1) is 8.72. The monoisotopic (exact) mass is 234 g/mol. The molecule has 84 valence electrons. The average Bonchev–Trinajstić information content (AvgIpc) is 2.74. The van der Waals surface area contributed by atoms with Crippen LogP contribution >= 0.6 is 0 Å². The van der Waals surface area contributed by atoms with Gasteiger partial charge in [-0.2, -0.15) is 10.5 Å². The molecule has 18 heavy (non-hydrogen) atoms. The molecular formula is C12H6N6. The fraction of sp³-hybridized carbons (Fsp3) is 0.0833. The van der Waals surface area contributed by atoms with Crippen LogP contribution in [0.4, 0.5) is 0 Å². The van der Waals surface area contributed by atoms with Gasteiger partial charge in [-0.05, 0) is 18.6 Å². The number of fused-ring (bicyclic) bond motifs is 3. The van der Waals surface area contributed by atoms with Crippen LogP contribution in [0.25, 0.3) is 16.9 Å². The summed E-state index contributed by atoms with van der Waals surface area (Å²) in [5, 5.41) is 17.8. The third kappa shape index (κ3) is 1.30. The summed E-state index contributed by atoms with van der Waals surface area (Å²) in [7, 11) is 0. The van der Waals surface area contributed by atoms with Crippen LogP contribution in [-0.4, -0.2) is 19.4 Å². The first kappa shape index (κ1) is 10.2. The maximum absolute atomic E-state index is 8.94. The fourth-order valence-electron chi connectivity index (χ4n) is 1.78. The van der Waals surface area contributed by atoms with Gasteiger partial charge in [0.1, 0.15) is 17.8 Å². The normalized spacial score (nSPS) is 10.4. The van der Waals surface area contributed by atoms with Crippen LogP contribution in [-0.2, 0) is 0 Å². The Balaban J connectivity index is 2.51. The highest BCUT2D eigenvalue weighted by Crippen LogP contribution is 2.15. The average molecular weight is 234 g/mol. The number of aromatic nitrogens is 4. The highest BCUT2D eigenvalue weighted by Gasteiger charge is 2.12. The molecule has 3 aromatic heterocycles. The van der Waals surface area contributed by atoms with Gasteiger partial charge in [-0.1, -0.05) is 6.07 Å². The van der Waals surface area contributed by atoms with Crippen LogP contribution in [0.2, 0.25) is 0 Å². The molecule has 0 N–H and O–H groups in total. The molecule has 6 heteroatoms. The van der Waals surface area contributed by atoms with Gasteiger partial charge in [0.05, 0.1) is 0 Å². The number of pyridine rings is 1. The van der Waals surface area contributed by atoms with E-state index in [1.165, 1.54) is 0 Å². The first-order valence-corrected chi connectivity index (χ1v) is 5.19. The van der Waals surface area contributed by atoms with Gasteiger partial charge >= 0.3 is 0 Å². The molecular weight excluding hydrogens is 228 g/mol. The number of aryl methyl sites for hydroxylation is 1. The Morgan fingerprint density at radius 3 is 2.50 bits per heavy atom. The lowest BCUT2D eigenvalue weighted by atomic mass is 10.3. The second-order valence-electron chi connectivity index (χ2n) is 3.84. The molecule has 0 saturated heterocycles. The minimum atomic E-state index is 0.00475. The maximum Gasteiger partial charge on any atom is 0.199 e. The molecule has 0 saturated carbocycles. The van der Waals surface area contributed by atoms with E-state index in [2.05, 4.69) is 15.0 Å². The van der Waals surface area contributed by atoms with Gasteiger partial charge in [0.2, 0.25) is 0 Å². The van der Waals surface area contributed by atoms with Crippen molar-refractivity contribution in [3.8, 4) is 12.1 Å². The van der Waals surface area contributed by atoms with Gasteiger partial charge in [0.25, 0.3) is 0 Å². The molecule has 0 amide bonds. The number of nitriles is 2. The molecule has 3 rings (SSSR count). The van der Waals surface area contributed by atoms with Gasteiger partial charge in [0.15, 0.2) is 22.7 Å². The number of imidazole rings is 1. The fourth-order valence-corrected chi connectivity index (χ4v) is 1.78. The summed E-state index contributed by atoms with van der Waals surface area (Å²) >= 11 is 0. The summed E-state index contributed by atoms with van der Waals surface area (Å²) in [4.78, 5) is 12.5. The molecule has 0 radical (unpaired) electrons. The van der Waals surface area contributed by atoms with Crippen LogP contribution in [0.3, 0.4) is 0 Å². The third-order valence-electron chi connectivity index (χ3n) is 2.60.